The molecule has 2 heterocycles. The first-order valence-electron chi connectivity index (χ1n) is 9.33. The van der Waals surface area contributed by atoms with E-state index in [2.05, 4.69) is 25.8 Å². The summed E-state index contributed by atoms with van der Waals surface area (Å²) in [6.45, 7) is 0.362. The summed E-state index contributed by atoms with van der Waals surface area (Å²) in [5.74, 6) is -0.596. The summed E-state index contributed by atoms with van der Waals surface area (Å²) in [6.07, 6.45) is 3.41. The topological polar surface area (TPSA) is 140 Å². The molecule has 2 amide bonds. The van der Waals surface area contributed by atoms with E-state index < -0.39 is 5.91 Å². The van der Waals surface area contributed by atoms with Crippen LogP contribution in [-0.4, -0.2) is 64.1 Å². The van der Waals surface area contributed by atoms with Crippen LogP contribution in [0.25, 0.3) is 11.3 Å². The van der Waals surface area contributed by atoms with Crippen molar-refractivity contribution in [1.82, 2.24) is 20.1 Å². The highest BCUT2D eigenvalue weighted by molar-refractivity contribution is 6.09. The molecule has 0 radical (unpaired) electrons. The molecule has 0 aliphatic carbocycles. The van der Waals surface area contributed by atoms with Crippen LogP contribution in [-0.2, 0) is 9.59 Å². The van der Waals surface area contributed by atoms with Crippen LogP contribution in [0.2, 0.25) is 0 Å². The van der Waals surface area contributed by atoms with Gasteiger partial charge >= 0.3 is 0 Å². The summed E-state index contributed by atoms with van der Waals surface area (Å²) in [6, 6.07) is 13.1. The third-order valence-corrected chi connectivity index (χ3v) is 4.03. The van der Waals surface area contributed by atoms with Crippen LogP contribution in [0.5, 0.6) is 0 Å². The molecule has 0 spiro atoms. The van der Waals surface area contributed by atoms with E-state index in [0.29, 0.717) is 30.0 Å². The number of rotatable bonds is 7. The number of H-pyrrole nitrogens is 1. The molecule has 0 unspecified atom stereocenters. The Hall–Kier alpha value is -4.05. The number of carbonyl (C=O) groups is 3. The van der Waals surface area contributed by atoms with Crippen molar-refractivity contribution in [3.05, 3.63) is 60.6 Å². The van der Waals surface area contributed by atoms with E-state index in [1.54, 1.807) is 18.3 Å². The fraction of sp³-hybridized carbons (Fsp3) is 0.190. The van der Waals surface area contributed by atoms with Gasteiger partial charge in [0.2, 0.25) is 5.91 Å². The second kappa shape index (κ2) is 11.8. The van der Waals surface area contributed by atoms with E-state index in [0.717, 1.165) is 5.56 Å². The van der Waals surface area contributed by atoms with E-state index in [-0.39, 0.29) is 18.1 Å². The molecule has 3 rings (SSSR count). The number of aromatic nitrogens is 3. The minimum Gasteiger partial charge on any atom is -0.483 e. The fourth-order valence-electron chi connectivity index (χ4n) is 2.61. The Labute approximate surface area is 179 Å². The normalized spacial score (nSPS) is 10.0. The summed E-state index contributed by atoms with van der Waals surface area (Å²) in [7, 11) is 3.78. The Balaban J connectivity index is 0.00000107. The van der Waals surface area contributed by atoms with Crippen molar-refractivity contribution in [2.45, 2.75) is 6.42 Å². The first-order valence-corrected chi connectivity index (χ1v) is 9.33. The number of benzene rings is 1. The summed E-state index contributed by atoms with van der Waals surface area (Å²) < 4.78 is 0. The molecule has 2 aromatic heterocycles. The lowest BCUT2D eigenvalue weighted by molar-refractivity contribution is -0.123. The van der Waals surface area contributed by atoms with Gasteiger partial charge in [0.15, 0.2) is 0 Å². The van der Waals surface area contributed by atoms with Crippen molar-refractivity contribution in [3.63, 3.8) is 0 Å². The number of aromatic amines is 1. The molecule has 31 heavy (non-hydrogen) atoms. The zero-order valence-electron chi connectivity index (χ0n) is 17.2. The Bertz CT molecular complexity index is 1000. The zero-order chi connectivity index (χ0) is 22.6. The highest BCUT2D eigenvalue weighted by Crippen LogP contribution is 2.26. The molecule has 3 aromatic rings. The second-order valence-corrected chi connectivity index (χ2v) is 6.59. The minimum atomic E-state index is -0.411. The molecular weight excluding hydrogens is 400 g/mol. The summed E-state index contributed by atoms with van der Waals surface area (Å²) in [5.41, 5.74) is 2.64. The fourth-order valence-corrected chi connectivity index (χ4v) is 2.61. The van der Waals surface area contributed by atoms with Crippen molar-refractivity contribution in [1.29, 1.82) is 0 Å². The molecule has 1 aromatic carbocycles. The molecule has 0 fully saturated rings. The summed E-state index contributed by atoms with van der Waals surface area (Å²) in [5, 5.41) is 19.0. The molecular formula is C21H24N6O4. The van der Waals surface area contributed by atoms with Gasteiger partial charge < -0.3 is 20.6 Å². The lowest BCUT2D eigenvalue weighted by Crippen LogP contribution is -2.22. The Morgan fingerprint density at radius 1 is 1.10 bits per heavy atom. The lowest BCUT2D eigenvalue weighted by atomic mass is 10.1. The summed E-state index contributed by atoms with van der Waals surface area (Å²) in [4.78, 5) is 39.5. The van der Waals surface area contributed by atoms with Crippen molar-refractivity contribution >= 4 is 29.7 Å². The predicted octanol–water partition coefficient (Wildman–Crippen LogP) is 2.31. The van der Waals surface area contributed by atoms with Gasteiger partial charge in [0.1, 0.15) is 5.69 Å². The van der Waals surface area contributed by atoms with Gasteiger partial charge in [0.25, 0.3) is 12.4 Å². The third kappa shape index (κ3) is 7.05. The SMILES string of the molecule is CN(C)CCC(=O)Nc1cn[nH]c1C(=O)Nc1cccnc1-c1ccccc1.O=CO. The van der Waals surface area contributed by atoms with Crippen LogP contribution < -0.4 is 10.6 Å². The number of nitrogens with zero attached hydrogens (tertiary/aromatic N) is 3. The van der Waals surface area contributed by atoms with E-state index in [1.165, 1.54) is 6.20 Å². The van der Waals surface area contributed by atoms with Gasteiger partial charge in [-0.15, -0.1) is 0 Å². The van der Waals surface area contributed by atoms with Gasteiger partial charge in [-0.05, 0) is 26.2 Å². The van der Waals surface area contributed by atoms with Crippen LogP contribution in [0.15, 0.2) is 54.9 Å². The maximum atomic E-state index is 12.8. The molecule has 4 N–H and O–H groups in total. The Kier molecular flexibility index (Phi) is 8.87. The van der Waals surface area contributed by atoms with Gasteiger partial charge in [-0.1, -0.05) is 30.3 Å². The number of amides is 2. The average Bonchev–Trinajstić information content (AvgIpc) is 3.22. The van der Waals surface area contributed by atoms with Crippen LogP contribution >= 0.6 is 0 Å². The monoisotopic (exact) mass is 424 g/mol. The quantitative estimate of drug-likeness (QED) is 0.427. The Morgan fingerprint density at radius 2 is 1.81 bits per heavy atom. The summed E-state index contributed by atoms with van der Waals surface area (Å²) >= 11 is 0. The molecule has 162 valence electrons. The average molecular weight is 424 g/mol. The maximum absolute atomic E-state index is 12.8. The number of carbonyl (C=O) groups excluding carboxylic acids is 2. The molecule has 0 aliphatic heterocycles. The third-order valence-electron chi connectivity index (χ3n) is 4.03. The van der Waals surface area contributed by atoms with Gasteiger partial charge in [0, 0.05) is 24.7 Å². The van der Waals surface area contributed by atoms with Crippen molar-refractivity contribution in [3.8, 4) is 11.3 Å². The first kappa shape index (κ1) is 23.2. The van der Waals surface area contributed by atoms with Crippen molar-refractivity contribution in [2.75, 3.05) is 31.3 Å². The van der Waals surface area contributed by atoms with Crippen molar-refractivity contribution < 1.29 is 19.5 Å². The molecule has 0 saturated carbocycles. The number of pyridine rings is 1. The van der Waals surface area contributed by atoms with E-state index in [4.69, 9.17) is 9.90 Å². The van der Waals surface area contributed by atoms with Gasteiger partial charge in [-0.25, -0.2) is 0 Å². The van der Waals surface area contributed by atoms with Gasteiger partial charge in [0.05, 0.1) is 23.3 Å². The number of hydrogen-bond donors (Lipinski definition) is 4. The largest absolute Gasteiger partial charge is 0.483 e. The molecule has 0 aliphatic rings. The van der Waals surface area contributed by atoms with Crippen LogP contribution in [0.1, 0.15) is 16.9 Å². The molecule has 10 heteroatoms. The molecule has 10 nitrogen and oxygen atoms in total. The van der Waals surface area contributed by atoms with Crippen LogP contribution in [0.4, 0.5) is 11.4 Å². The lowest BCUT2D eigenvalue weighted by Gasteiger charge is -2.11. The van der Waals surface area contributed by atoms with Crippen LogP contribution in [0.3, 0.4) is 0 Å². The molecule has 0 saturated heterocycles. The standard InChI is InChI=1S/C20H22N6O2.CH2O2/c1-26(2)12-10-17(27)23-16-13-22-25-19(16)20(28)24-15-9-6-11-21-18(15)14-7-4-3-5-8-14;2-1-3/h3-9,11,13H,10,12H2,1-2H3,(H,22,25)(H,23,27)(H,24,28);1H,(H,2,3). The highest BCUT2D eigenvalue weighted by Gasteiger charge is 2.18. The molecule has 0 bridgehead atoms. The van der Waals surface area contributed by atoms with Gasteiger partial charge in [-0.3, -0.25) is 24.5 Å². The minimum absolute atomic E-state index is 0.182. The smallest absolute Gasteiger partial charge is 0.290 e. The highest BCUT2D eigenvalue weighted by atomic mass is 16.3. The van der Waals surface area contributed by atoms with E-state index in [1.807, 2.05) is 49.3 Å². The zero-order valence-corrected chi connectivity index (χ0v) is 17.2. The van der Waals surface area contributed by atoms with E-state index >= 15 is 0 Å². The number of carboxylic acid groups (broad SMARTS) is 1. The number of nitrogens with one attached hydrogen (secondary N) is 3. The van der Waals surface area contributed by atoms with Gasteiger partial charge in [-0.2, -0.15) is 5.10 Å². The molecule has 0 atom stereocenters. The predicted molar refractivity (Wildman–Crippen MR) is 117 cm³/mol. The van der Waals surface area contributed by atoms with Crippen LogP contribution in [0, 0.1) is 0 Å². The van der Waals surface area contributed by atoms with E-state index in [9.17, 15) is 9.59 Å². The maximum Gasteiger partial charge on any atom is 0.290 e. The first-order chi connectivity index (χ1) is 15.0. The number of hydrogen-bond acceptors (Lipinski definition) is 6. The van der Waals surface area contributed by atoms with Crippen molar-refractivity contribution in [2.24, 2.45) is 0 Å². The second-order valence-electron chi connectivity index (χ2n) is 6.59. The number of anilines is 2. The Morgan fingerprint density at radius 3 is 2.48 bits per heavy atom.